The smallest absolute Gasteiger partial charge is 0.332 e. The Kier molecular flexibility index (Phi) is 3.77. The van der Waals surface area contributed by atoms with Crippen molar-refractivity contribution in [2.75, 3.05) is 12.4 Å². The van der Waals surface area contributed by atoms with Crippen LogP contribution in [0.3, 0.4) is 0 Å². The zero-order valence-corrected chi connectivity index (χ0v) is 12.4. The minimum absolute atomic E-state index is 0.150. The summed E-state index contributed by atoms with van der Waals surface area (Å²) in [5.74, 6) is -0.199. The molecule has 1 aliphatic rings. The molecule has 19 heavy (non-hydrogen) atoms. The SMILES string of the molecule is COC(=O)C1(Nc2cccc(Cl)c2)CCCC1(C)C. The maximum Gasteiger partial charge on any atom is 0.332 e. The summed E-state index contributed by atoms with van der Waals surface area (Å²) in [4.78, 5) is 12.3. The molecule has 1 atom stereocenters. The number of hydrogen-bond donors (Lipinski definition) is 1. The van der Waals surface area contributed by atoms with Crippen molar-refractivity contribution in [1.29, 1.82) is 0 Å². The lowest BCUT2D eigenvalue weighted by atomic mass is 9.74. The molecule has 4 heteroatoms. The highest BCUT2D eigenvalue weighted by Crippen LogP contribution is 2.48. The Morgan fingerprint density at radius 1 is 1.37 bits per heavy atom. The Hall–Kier alpha value is -1.22. The van der Waals surface area contributed by atoms with E-state index in [0.29, 0.717) is 5.02 Å². The standard InChI is InChI=1S/C15H20ClNO2/c1-14(2)8-5-9-15(14,13(18)19-3)17-12-7-4-6-11(16)10-12/h4,6-7,10,17H,5,8-9H2,1-3H3. The van der Waals surface area contributed by atoms with Crippen LogP contribution in [0.15, 0.2) is 24.3 Å². The predicted molar refractivity (Wildman–Crippen MR) is 77.5 cm³/mol. The molecule has 1 aromatic carbocycles. The van der Waals surface area contributed by atoms with Crippen LogP contribution in [0.5, 0.6) is 0 Å². The number of benzene rings is 1. The second kappa shape index (κ2) is 5.04. The normalized spacial score (nSPS) is 25.1. The number of esters is 1. The Morgan fingerprint density at radius 3 is 2.63 bits per heavy atom. The molecule has 1 unspecified atom stereocenters. The summed E-state index contributed by atoms with van der Waals surface area (Å²) in [7, 11) is 1.44. The highest BCUT2D eigenvalue weighted by atomic mass is 35.5. The molecule has 1 aliphatic carbocycles. The number of rotatable bonds is 3. The average Bonchev–Trinajstić information content (AvgIpc) is 2.65. The van der Waals surface area contributed by atoms with Crippen LogP contribution < -0.4 is 5.32 Å². The molecular weight excluding hydrogens is 262 g/mol. The van der Waals surface area contributed by atoms with E-state index in [1.54, 1.807) is 0 Å². The van der Waals surface area contributed by atoms with E-state index in [0.717, 1.165) is 24.9 Å². The summed E-state index contributed by atoms with van der Waals surface area (Å²) in [5.41, 5.74) is 0.0300. The molecule has 2 rings (SSSR count). The average molecular weight is 282 g/mol. The van der Waals surface area contributed by atoms with E-state index >= 15 is 0 Å². The Balaban J connectivity index is 2.37. The third-order valence-corrected chi connectivity index (χ3v) is 4.46. The predicted octanol–water partition coefficient (Wildman–Crippen LogP) is 3.87. The molecule has 0 radical (unpaired) electrons. The number of anilines is 1. The van der Waals surface area contributed by atoms with Crippen LogP contribution in [0, 0.1) is 5.41 Å². The van der Waals surface area contributed by atoms with Crippen molar-refractivity contribution >= 4 is 23.3 Å². The van der Waals surface area contributed by atoms with Gasteiger partial charge in [0.05, 0.1) is 7.11 Å². The van der Waals surface area contributed by atoms with Gasteiger partial charge in [0, 0.05) is 10.7 Å². The Bertz CT molecular complexity index is 487. The molecule has 0 saturated heterocycles. The van der Waals surface area contributed by atoms with Crippen molar-refractivity contribution in [2.45, 2.75) is 38.6 Å². The molecule has 1 fully saturated rings. The van der Waals surface area contributed by atoms with Gasteiger partial charge in [-0.25, -0.2) is 4.79 Å². The van der Waals surface area contributed by atoms with Gasteiger partial charge in [0.15, 0.2) is 0 Å². The fraction of sp³-hybridized carbons (Fsp3) is 0.533. The Morgan fingerprint density at radius 2 is 2.11 bits per heavy atom. The summed E-state index contributed by atoms with van der Waals surface area (Å²) in [6, 6.07) is 7.44. The van der Waals surface area contributed by atoms with Crippen molar-refractivity contribution in [3.63, 3.8) is 0 Å². The first-order valence-corrected chi connectivity index (χ1v) is 6.91. The molecule has 0 bridgehead atoms. The summed E-state index contributed by atoms with van der Waals surface area (Å²) in [5, 5.41) is 4.03. The number of nitrogens with one attached hydrogen (secondary N) is 1. The van der Waals surface area contributed by atoms with Crippen LogP contribution in [0.25, 0.3) is 0 Å². The molecule has 0 aromatic heterocycles. The zero-order valence-electron chi connectivity index (χ0n) is 11.6. The highest BCUT2D eigenvalue weighted by Gasteiger charge is 2.55. The maximum absolute atomic E-state index is 12.3. The van der Waals surface area contributed by atoms with Crippen LogP contribution in [0.1, 0.15) is 33.1 Å². The lowest BCUT2D eigenvalue weighted by Crippen LogP contribution is -2.54. The largest absolute Gasteiger partial charge is 0.467 e. The molecule has 104 valence electrons. The van der Waals surface area contributed by atoms with Gasteiger partial charge in [-0.15, -0.1) is 0 Å². The molecular formula is C15H20ClNO2. The van der Waals surface area contributed by atoms with Gasteiger partial charge >= 0.3 is 5.97 Å². The summed E-state index contributed by atoms with van der Waals surface area (Å²) in [6.45, 7) is 4.21. The molecule has 1 aromatic rings. The van der Waals surface area contributed by atoms with E-state index in [-0.39, 0.29) is 11.4 Å². The second-order valence-electron chi connectivity index (χ2n) is 5.77. The van der Waals surface area contributed by atoms with E-state index in [1.165, 1.54) is 7.11 Å². The first-order valence-electron chi connectivity index (χ1n) is 6.53. The highest BCUT2D eigenvalue weighted by molar-refractivity contribution is 6.30. The zero-order chi connectivity index (χ0) is 14.1. The first-order chi connectivity index (χ1) is 8.91. The lowest BCUT2D eigenvalue weighted by molar-refractivity contribution is -0.149. The monoisotopic (exact) mass is 281 g/mol. The van der Waals surface area contributed by atoms with Crippen LogP contribution in [0.2, 0.25) is 5.02 Å². The number of hydrogen-bond acceptors (Lipinski definition) is 3. The molecule has 1 N–H and O–H groups in total. The van der Waals surface area contributed by atoms with Crippen LogP contribution >= 0.6 is 11.6 Å². The van der Waals surface area contributed by atoms with Gasteiger partial charge in [-0.3, -0.25) is 0 Å². The number of carbonyl (C=O) groups is 1. The van der Waals surface area contributed by atoms with E-state index in [1.807, 2.05) is 24.3 Å². The van der Waals surface area contributed by atoms with Gasteiger partial charge in [-0.05, 0) is 42.9 Å². The van der Waals surface area contributed by atoms with Gasteiger partial charge in [0.2, 0.25) is 0 Å². The van der Waals surface area contributed by atoms with Crippen LogP contribution in [-0.4, -0.2) is 18.6 Å². The minimum atomic E-state index is -0.674. The van der Waals surface area contributed by atoms with Crippen LogP contribution in [-0.2, 0) is 9.53 Å². The molecule has 0 heterocycles. The number of ether oxygens (including phenoxy) is 1. The van der Waals surface area contributed by atoms with Gasteiger partial charge < -0.3 is 10.1 Å². The van der Waals surface area contributed by atoms with E-state index in [4.69, 9.17) is 16.3 Å². The quantitative estimate of drug-likeness (QED) is 0.855. The fourth-order valence-corrected chi connectivity index (χ4v) is 3.19. The van der Waals surface area contributed by atoms with Gasteiger partial charge in [-0.2, -0.15) is 0 Å². The van der Waals surface area contributed by atoms with Crippen molar-refractivity contribution < 1.29 is 9.53 Å². The van der Waals surface area contributed by atoms with E-state index < -0.39 is 5.54 Å². The van der Waals surface area contributed by atoms with Crippen LogP contribution in [0.4, 0.5) is 5.69 Å². The minimum Gasteiger partial charge on any atom is -0.467 e. The summed E-state index contributed by atoms with van der Waals surface area (Å²) >= 11 is 6.00. The maximum atomic E-state index is 12.3. The third kappa shape index (κ3) is 2.44. The number of halogens is 1. The van der Waals surface area contributed by atoms with E-state index in [9.17, 15) is 4.79 Å². The Labute approximate surface area is 119 Å². The third-order valence-electron chi connectivity index (χ3n) is 4.23. The fourth-order valence-electron chi connectivity index (χ4n) is 3.00. The van der Waals surface area contributed by atoms with Crippen molar-refractivity contribution in [3.8, 4) is 0 Å². The molecule has 0 spiro atoms. The van der Waals surface area contributed by atoms with Crippen molar-refractivity contribution in [3.05, 3.63) is 29.3 Å². The summed E-state index contributed by atoms with van der Waals surface area (Å²) in [6.07, 6.45) is 2.78. The van der Waals surface area contributed by atoms with Gasteiger partial charge in [0.1, 0.15) is 5.54 Å². The van der Waals surface area contributed by atoms with Gasteiger partial charge in [-0.1, -0.05) is 31.5 Å². The van der Waals surface area contributed by atoms with Crippen molar-refractivity contribution in [1.82, 2.24) is 0 Å². The lowest BCUT2D eigenvalue weighted by Gasteiger charge is -2.40. The second-order valence-corrected chi connectivity index (χ2v) is 6.21. The van der Waals surface area contributed by atoms with Gasteiger partial charge in [0.25, 0.3) is 0 Å². The van der Waals surface area contributed by atoms with Crippen molar-refractivity contribution in [2.24, 2.45) is 5.41 Å². The molecule has 0 aliphatic heterocycles. The number of carbonyl (C=O) groups excluding carboxylic acids is 1. The summed E-state index contributed by atoms with van der Waals surface area (Å²) < 4.78 is 5.04. The first kappa shape index (κ1) is 14.2. The topological polar surface area (TPSA) is 38.3 Å². The molecule has 1 saturated carbocycles. The molecule has 3 nitrogen and oxygen atoms in total. The number of methoxy groups -OCH3 is 1. The molecule has 0 amide bonds. The van der Waals surface area contributed by atoms with E-state index in [2.05, 4.69) is 19.2 Å².